The first-order valence-corrected chi connectivity index (χ1v) is 6.84. The van der Waals surface area contributed by atoms with E-state index in [1.807, 2.05) is 18.2 Å². The Morgan fingerprint density at radius 1 is 1.04 bits per heavy atom. The van der Waals surface area contributed by atoms with Crippen molar-refractivity contribution in [2.45, 2.75) is 6.61 Å². The quantitative estimate of drug-likeness (QED) is 0.743. The van der Waals surface area contributed by atoms with Crippen LogP contribution in [0.4, 0.5) is 8.78 Å². The van der Waals surface area contributed by atoms with Crippen molar-refractivity contribution in [3.8, 4) is 11.6 Å². The Bertz CT molecular complexity index is 879. The molecule has 3 aromatic rings. The maximum atomic E-state index is 13.5. The smallest absolute Gasteiger partial charge is 0.261 e. The van der Waals surface area contributed by atoms with Crippen LogP contribution in [0.2, 0.25) is 0 Å². The molecule has 0 saturated heterocycles. The lowest BCUT2D eigenvalue weighted by Gasteiger charge is -2.08. The number of halogens is 2. The third kappa shape index (κ3) is 3.42. The zero-order chi connectivity index (χ0) is 16.2. The fourth-order valence-corrected chi connectivity index (χ4v) is 2.04. The van der Waals surface area contributed by atoms with Crippen LogP contribution in [0.1, 0.15) is 5.56 Å². The Kier molecular flexibility index (Phi) is 4.14. The summed E-state index contributed by atoms with van der Waals surface area (Å²) in [6, 6.07) is 13.4. The molecule has 0 N–H and O–H groups in total. The van der Waals surface area contributed by atoms with Crippen molar-refractivity contribution < 1.29 is 13.5 Å². The Hall–Kier alpha value is -3.02. The van der Waals surface area contributed by atoms with Gasteiger partial charge in [-0.15, -0.1) is 0 Å². The van der Waals surface area contributed by atoms with Crippen LogP contribution < -0.4 is 10.3 Å². The summed E-state index contributed by atoms with van der Waals surface area (Å²) in [6.45, 7) is -0.145. The van der Waals surface area contributed by atoms with Gasteiger partial charge in [-0.25, -0.2) is 13.8 Å². The van der Waals surface area contributed by atoms with Crippen molar-refractivity contribution in [1.29, 1.82) is 0 Å². The molecule has 0 aliphatic rings. The van der Waals surface area contributed by atoms with Gasteiger partial charge in [0.25, 0.3) is 5.56 Å². The predicted molar refractivity (Wildman–Crippen MR) is 80.5 cm³/mol. The Morgan fingerprint density at radius 2 is 1.83 bits per heavy atom. The van der Waals surface area contributed by atoms with E-state index in [1.165, 1.54) is 23.0 Å². The molecule has 0 amide bonds. The van der Waals surface area contributed by atoms with Crippen molar-refractivity contribution >= 4 is 0 Å². The van der Waals surface area contributed by atoms with E-state index >= 15 is 0 Å². The summed E-state index contributed by atoms with van der Waals surface area (Å²) in [5, 5.41) is 0. The first-order chi connectivity index (χ1) is 11.1. The summed E-state index contributed by atoms with van der Waals surface area (Å²) >= 11 is 0. The van der Waals surface area contributed by atoms with Gasteiger partial charge in [-0.3, -0.25) is 9.36 Å². The lowest BCUT2D eigenvalue weighted by atomic mass is 10.2. The molecule has 0 radical (unpaired) electrons. The number of hydrogen-bond donors (Lipinski definition) is 0. The normalized spacial score (nSPS) is 10.5. The number of benzene rings is 2. The van der Waals surface area contributed by atoms with E-state index in [2.05, 4.69) is 4.98 Å². The van der Waals surface area contributed by atoms with Crippen LogP contribution in [0.3, 0.4) is 0 Å². The van der Waals surface area contributed by atoms with Gasteiger partial charge in [0.15, 0.2) is 0 Å². The van der Waals surface area contributed by atoms with Crippen LogP contribution in [0.5, 0.6) is 5.88 Å². The highest BCUT2D eigenvalue weighted by atomic mass is 19.1. The first-order valence-electron chi connectivity index (χ1n) is 6.84. The van der Waals surface area contributed by atoms with E-state index in [9.17, 15) is 13.6 Å². The minimum absolute atomic E-state index is 0.0749. The fraction of sp³-hybridized carbons (Fsp3) is 0.0588. The maximum absolute atomic E-state index is 13.5. The van der Waals surface area contributed by atoms with Gasteiger partial charge >= 0.3 is 0 Å². The van der Waals surface area contributed by atoms with E-state index in [1.54, 1.807) is 12.1 Å². The molecule has 3 rings (SSSR count). The molecule has 1 aromatic heterocycles. The molecule has 0 unspecified atom stereocenters. The molecule has 0 spiro atoms. The molecule has 0 saturated carbocycles. The van der Waals surface area contributed by atoms with Crippen LogP contribution in [0, 0.1) is 11.6 Å². The van der Waals surface area contributed by atoms with Crippen molar-refractivity contribution in [2.24, 2.45) is 0 Å². The van der Waals surface area contributed by atoms with Crippen LogP contribution >= 0.6 is 0 Å². The summed E-state index contributed by atoms with van der Waals surface area (Å²) in [5.41, 5.74) is 0.544. The van der Waals surface area contributed by atoms with Gasteiger partial charge in [0.1, 0.15) is 24.6 Å². The lowest BCUT2D eigenvalue weighted by Crippen LogP contribution is -2.18. The molecule has 6 heteroatoms. The second-order valence-electron chi connectivity index (χ2n) is 4.80. The SMILES string of the molecule is O=c1cc(OCc2ccc(F)cc2F)ncn1-c1ccccc1. The van der Waals surface area contributed by atoms with Crippen molar-refractivity contribution in [1.82, 2.24) is 9.55 Å². The number of aromatic nitrogens is 2. The fourth-order valence-electron chi connectivity index (χ4n) is 2.04. The molecule has 2 aromatic carbocycles. The van der Waals surface area contributed by atoms with Gasteiger partial charge in [0.05, 0.1) is 11.8 Å². The van der Waals surface area contributed by atoms with Crippen molar-refractivity contribution in [3.63, 3.8) is 0 Å². The van der Waals surface area contributed by atoms with Crippen LogP contribution in [-0.4, -0.2) is 9.55 Å². The minimum Gasteiger partial charge on any atom is -0.473 e. The van der Waals surface area contributed by atoms with Gasteiger partial charge in [0.2, 0.25) is 5.88 Å². The molecular weight excluding hydrogens is 302 g/mol. The summed E-state index contributed by atoms with van der Waals surface area (Å²) in [4.78, 5) is 16.1. The average Bonchev–Trinajstić information content (AvgIpc) is 2.55. The predicted octanol–water partition coefficient (Wildman–Crippen LogP) is 3.09. The zero-order valence-electron chi connectivity index (χ0n) is 11.9. The van der Waals surface area contributed by atoms with Crippen molar-refractivity contribution in [3.05, 3.63) is 88.5 Å². The largest absolute Gasteiger partial charge is 0.473 e. The molecule has 4 nitrogen and oxygen atoms in total. The van der Waals surface area contributed by atoms with Gasteiger partial charge in [-0.05, 0) is 24.3 Å². The second-order valence-corrected chi connectivity index (χ2v) is 4.80. The van der Waals surface area contributed by atoms with Crippen LogP contribution in [0.25, 0.3) is 5.69 Å². The van der Waals surface area contributed by atoms with E-state index < -0.39 is 11.6 Å². The molecular formula is C17H12F2N2O2. The van der Waals surface area contributed by atoms with Gasteiger partial charge < -0.3 is 4.74 Å². The molecule has 0 aliphatic heterocycles. The molecule has 1 heterocycles. The highest BCUT2D eigenvalue weighted by Gasteiger charge is 2.07. The van der Waals surface area contributed by atoms with E-state index in [0.29, 0.717) is 5.69 Å². The lowest BCUT2D eigenvalue weighted by molar-refractivity contribution is 0.286. The van der Waals surface area contributed by atoms with E-state index in [-0.39, 0.29) is 23.6 Å². The van der Waals surface area contributed by atoms with Crippen LogP contribution in [0.15, 0.2) is 65.7 Å². The average molecular weight is 314 g/mol. The zero-order valence-corrected chi connectivity index (χ0v) is 11.9. The highest BCUT2D eigenvalue weighted by molar-refractivity contribution is 5.31. The minimum atomic E-state index is -0.706. The number of rotatable bonds is 4. The third-order valence-corrected chi connectivity index (χ3v) is 3.21. The van der Waals surface area contributed by atoms with Gasteiger partial charge in [0, 0.05) is 11.6 Å². The second kappa shape index (κ2) is 6.39. The third-order valence-electron chi connectivity index (χ3n) is 3.21. The standard InChI is InChI=1S/C17H12F2N2O2/c18-13-7-6-12(15(19)8-13)10-23-16-9-17(22)21(11-20-16)14-4-2-1-3-5-14/h1-9,11H,10H2. The van der Waals surface area contributed by atoms with Gasteiger partial charge in [-0.2, -0.15) is 0 Å². The van der Waals surface area contributed by atoms with Gasteiger partial charge in [-0.1, -0.05) is 18.2 Å². The Morgan fingerprint density at radius 3 is 2.52 bits per heavy atom. The molecule has 0 fully saturated rings. The summed E-state index contributed by atoms with van der Waals surface area (Å²) < 4.78 is 33.0. The molecule has 0 aliphatic carbocycles. The van der Waals surface area contributed by atoms with Crippen molar-refractivity contribution in [2.75, 3.05) is 0 Å². The first kappa shape index (κ1) is 14.9. The summed E-state index contributed by atoms with van der Waals surface area (Å²) in [5.74, 6) is -1.29. The highest BCUT2D eigenvalue weighted by Crippen LogP contribution is 2.13. The Balaban J connectivity index is 1.77. The monoisotopic (exact) mass is 314 g/mol. The van der Waals surface area contributed by atoms with Crippen LogP contribution in [-0.2, 0) is 6.61 Å². The van der Waals surface area contributed by atoms with E-state index in [0.717, 1.165) is 12.1 Å². The summed E-state index contributed by atoms with van der Waals surface area (Å²) in [7, 11) is 0. The number of para-hydroxylation sites is 1. The topological polar surface area (TPSA) is 44.1 Å². The number of ether oxygens (including phenoxy) is 1. The molecule has 0 bridgehead atoms. The summed E-state index contributed by atoms with van der Waals surface area (Å²) in [6.07, 6.45) is 1.34. The molecule has 116 valence electrons. The Labute approximate surface area is 130 Å². The molecule has 23 heavy (non-hydrogen) atoms. The number of nitrogens with zero attached hydrogens (tertiary/aromatic N) is 2. The van der Waals surface area contributed by atoms with E-state index in [4.69, 9.17) is 4.74 Å². The number of hydrogen-bond acceptors (Lipinski definition) is 3. The molecule has 0 atom stereocenters. The maximum Gasteiger partial charge on any atom is 0.261 e.